The Morgan fingerprint density at radius 1 is 1.28 bits per heavy atom. The molecule has 1 aliphatic carbocycles. The number of carbonyl (C=O) groups excluding carboxylic acids is 1. The number of esters is 1. The number of hydrogen-bond donors (Lipinski definition) is 0. The number of ether oxygens (including phenoxy) is 1. The molecule has 1 aromatic rings. The van der Waals surface area contributed by atoms with Crippen molar-refractivity contribution in [3.63, 3.8) is 0 Å². The van der Waals surface area contributed by atoms with Gasteiger partial charge in [0.25, 0.3) is 5.92 Å². The summed E-state index contributed by atoms with van der Waals surface area (Å²) in [5.74, 6) is -4.34. The van der Waals surface area contributed by atoms with E-state index in [1.807, 2.05) is 0 Å². The zero-order valence-electron chi connectivity index (χ0n) is 10.2. The van der Waals surface area contributed by atoms with Gasteiger partial charge in [0, 0.05) is 5.92 Å². The summed E-state index contributed by atoms with van der Waals surface area (Å²) in [7, 11) is 0. The molecule has 0 aromatic heterocycles. The summed E-state index contributed by atoms with van der Waals surface area (Å²) in [5, 5.41) is 0. The molecule has 1 saturated carbocycles. The summed E-state index contributed by atoms with van der Waals surface area (Å²) in [6, 6.07) is 8.24. The lowest BCUT2D eigenvalue weighted by atomic mass is 9.85. The summed E-state index contributed by atoms with van der Waals surface area (Å²) in [4.78, 5) is 11.8. The highest BCUT2D eigenvalue weighted by atomic mass is 19.3. The second-order valence-corrected chi connectivity index (χ2v) is 4.77. The number of rotatable bonds is 2. The maximum absolute atomic E-state index is 13.9. The van der Waals surface area contributed by atoms with Gasteiger partial charge in [0.15, 0.2) is 6.10 Å². The fraction of sp³-hybridized carbons (Fsp3) is 0.500. The van der Waals surface area contributed by atoms with Crippen LogP contribution in [-0.4, -0.2) is 18.0 Å². The van der Waals surface area contributed by atoms with Gasteiger partial charge in [-0.15, -0.1) is 0 Å². The molecule has 0 spiro atoms. The minimum atomic E-state index is -2.93. The minimum absolute atomic E-state index is 0.232. The first-order valence-corrected chi connectivity index (χ1v) is 6.15. The second-order valence-electron chi connectivity index (χ2n) is 4.77. The summed E-state index contributed by atoms with van der Waals surface area (Å²) in [6.07, 6.45) is 0.0835. The van der Waals surface area contributed by atoms with Crippen molar-refractivity contribution < 1.29 is 18.3 Å². The first-order valence-electron chi connectivity index (χ1n) is 6.15. The van der Waals surface area contributed by atoms with E-state index in [2.05, 4.69) is 0 Å². The van der Waals surface area contributed by atoms with E-state index in [1.54, 1.807) is 30.3 Å². The first-order chi connectivity index (χ1) is 8.51. The molecule has 98 valence electrons. The number of hydrogen-bond acceptors (Lipinski definition) is 2. The molecule has 0 radical (unpaired) electrons. The van der Waals surface area contributed by atoms with Crippen molar-refractivity contribution in [2.45, 2.75) is 38.2 Å². The molecular formula is C14H16F2O2. The quantitative estimate of drug-likeness (QED) is 0.753. The SMILES string of the molecule is C[C@@H]1CCC[C@@H](OC(=O)c2ccccc2)C1(F)F. The largest absolute Gasteiger partial charge is 0.452 e. The van der Waals surface area contributed by atoms with Crippen molar-refractivity contribution >= 4 is 5.97 Å². The molecule has 2 nitrogen and oxygen atoms in total. The van der Waals surface area contributed by atoms with Gasteiger partial charge < -0.3 is 4.74 Å². The standard InChI is InChI=1S/C14H16F2O2/c1-10-6-5-9-12(14(10,15)16)18-13(17)11-7-3-2-4-8-11/h2-4,7-8,10,12H,5-6,9H2,1H3/t10-,12-/m1/s1. The van der Waals surface area contributed by atoms with Crippen molar-refractivity contribution in [2.75, 3.05) is 0 Å². The van der Waals surface area contributed by atoms with Crippen LogP contribution in [0.5, 0.6) is 0 Å². The normalized spacial score (nSPS) is 26.6. The van der Waals surface area contributed by atoms with Crippen LogP contribution in [0.25, 0.3) is 0 Å². The maximum Gasteiger partial charge on any atom is 0.338 e. The predicted octanol–water partition coefficient (Wildman–Crippen LogP) is 3.67. The summed E-state index contributed by atoms with van der Waals surface area (Å²) in [6.45, 7) is 1.50. The van der Waals surface area contributed by atoms with Crippen LogP contribution in [0.4, 0.5) is 8.78 Å². The van der Waals surface area contributed by atoms with Crippen LogP contribution < -0.4 is 0 Å². The lowest BCUT2D eigenvalue weighted by Crippen LogP contribution is -2.45. The van der Waals surface area contributed by atoms with Crippen LogP contribution in [0.15, 0.2) is 30.3 Å². The Kier molecular flexibility index (Phi) is 3.64. The van der Waals surface area contributed by atoms with Gasteiger partial charge in [-0.3, -0.25) is 0 Å². The molecule has 1 aliphatic rings. The van der Waals surface area contributed by atoms with E-state index in [1.165, 1.54) is 6.92 Å². The highest BCUT2D eigenvalue weighted by Gasteiger charge is 2.49. The van der Waals surface area contributed by atoms with Gasteiger partial charge >= 0.3 is 5.97 Å². The highest BCUT2D eigenvalue weighted by Crippen LogP contribution is 2.40. The average molecular weight is 254 g/mol. The summed E-state index contributed by atoms with van der Waals surface area (Å²) < 4.78 is 32.7. The summed E-state index contributed by atoms with van der Waals surface area (Å²) >= 11 is 0. The van der Waals surface area contributed by atoms with E-state index >= 15 is 0 Å². The van der Waals surface area contributed by atoms with E-state index in [9.17, 15) is 13.6 Å². The zero-order chi connectivity index (χ0) is 13.2. The van der Waals surface area contributed by atoms with E-state index in [4.69, 9.17) is 4.74 Å². The Morgan fingerprint density at radius 3 is 2.61 bits per heavy atom. The molecule has 2 atom stereocenters. The fourth-order valence-electron chi connectivity index (χ4n) is 2.22. The van der Waals surface area contributed by atoms with Gasteiger partial charge in [0.05, 0.1) is 5.56 Å². The molecule has 1 aromatic carbocycles. The Labute approximate surface area is 105 Å². The smallest absolute Gasteiger partial charge is 0.338 e. The topological polar surface area (TPSA) is 26.3 Å². The molecule has 0 saturated heterocycles. The van der Waals surface area contributed by atoms with Crippen LogP contribution in [-0.2, 0) is 4.74 Å². The molecule has 1 fully saturated rings. The second kappa shape index (κ2) is 5.04. The van der Waals surface area contributed by atoms with E-state index in [-0.39, 0.29) is 6.42 Å². The van der Waals surface area contributed by atoms with E-state index in [0.29, 0.717) is 18.4 Å². The minimum Gasteiger partial charge on any atom is -0.452 e. The third-order valence-electron chi connectivity index (χ3n) is 3.45. The monoisotopic (exact) mass is 254 g/mol. The lowest BCUT2D eigenvalue weighted by molar-refractivity contribution is -0.165. The van der Waals surface area contributed by atoms with Crippen molar-refractivity contribution in [1.29, 1.82) is 0 Å². The lowest BCUT2D eigenvalue weighted by Gasteiger charge is -2.35. The zero-order valence-corrected chi connectivity index (χ0v) is 10.2. The van der Waals surface area contributed by atoms with Gasteiger partial charge in [-0.2, -0.15) is 0 Å². The molecule has 18 heavy (non-hydrogen) atoms. The molecule has 4 heteroatoms. The van der Waals surface area contributed by atoms with Gasteiger partial charge in [0.2, 0.25) is 0 Å². The van der Waals surface area contributed by atoms with Crippen LogP contribution in [0.1, 0.15) is 36.5 Å². The van der Waals surface area contributed by atoms with Gasteiger partial charge in [0.1, 0.15) is 0 Å². The van der Waals surface area contributed by atoms with Crippen molar-refractivity contribution in [3.8, 4) is 0 Å². The number of benzene rings is 1. The van der Waals surface area contributed by atoms with Crippen LogP contribution in [0.2, 0.25) is 0 Å². The van der Waals surface area contributed by atoms with Crippen molar-refractivity contribution in [3.05, 3.63) is 35.9 Å². The van der Waals surface area contributed by atoms with Crippen LogP contribution >= 0.6 is 0 Å². The average Bonchev–Trinajstić information content (AvgIpc) is 2.36. The molecule has 0 unspecified atom stereocenters. The highest BCUT2D eigenvalue weighted by molar-refractivity contribution is 5.89. The number of alkyl halides is 2. The summed E-state index contributed by atoms with van der Waals surface area (Å²) in [5.41, 5.74) is 0.312. The Morgan fingerprint density at radius 2 is 1.94 bits per heavy atom. The maximum atomic E-state index is 13.9. The number of halogens is 2. The van der Waals surface area contributed by atoms with E-state index < -0.39 is 23.9 Å². The van der Waals surface area contributed by atoms with Gasteiger partial charge in [-0.1, -0.05) is 25.1 Å². The van der Waals surface area contributed by atoms with Crippen LogP contribution in [0, 0.1) is 5.92 Å². The Balaban J connectivity index is 2.07. The van der Waals surface area contributed by atoms with Gasteiger partial charge in [-0.05, 0) is 31.4 Å². The third-order valence-corrected chi connectivity index (χ3v) is 3.45. The van der Waals surface area contributed by atoms with E-state index in [0.717, 1.165) is 0 Å². The molecule has 0 heterocycles. The molecular weight excluding hydrogens is 238 g/mol. The third kappa shape index (κ3) is 2.52. The first kappa shape index (κ1) is 13.0. The molecule has 0 N–H and O–H groups in total. The fourth-order valence-corrected chi connectivity index (χ4v) is 2.22. The molecule has 0 aliphatic heterocycles. The van der Waals surface area contributed by atoms with Gasteiger partial charge in [-0.25, -0.2) is 13.6 Å². The molecule has 2 rings (SSSR count). The van der Waals surface area contributed by atoms with Crippen molar-refractivity contribution in [2.24, 2.45) is 5.92 Å². The van der Waals surface area contributed by atoms with Crippen molar-refractivity contribution in [1.82, 2.24) is 0 Å². The molecule has 0 amide bonds. The Hall–Kier alpha value is -1.45. The predicted molar refractivity (Wildman–Crippen MR) is 63.6 cm³/mol. The number of carbonyl (C=O) groups is 1. The Bertz CT molecular complexity index is 417. The molecule has 0 bridgehead atoms. The van der Waals surface area contributed by atoms with Crippen LogP contribution in [0.3, 0.4) is 0 Å².